The van der Waals surface area contributed by atoms with Gasteiger partial charge in [-0.15, -0.1) is 0 Å². The zero-order valence-electron chi connectivity index (χ0n) is 7.65. The second-order valence-electron chi connectivity index (χ2n) is 3.21. The topological polar surface area (TPSA) is 0 Å². The van der Waals surface area contributed by atoms with E-state index in [0.717, 1.165) is 11.8 Å². The molecule has 0 bridgehead atoms. The second-order valence-corrected chi connectivity index (χ2v) is 3.86. The Morgan fingerprint density at radius 2 is 2.00 bits per heavy atom. The molecule has 0 aliphatic carbocycles. The van der Waals surface area contributed by atoms with Crippen molar-refractivity contribution >= 4 is 15.9 Å². The highest BCUT2D eigenvalue weighted by Crippen LogP contribution is 2.16. The van der Waals surface area contributed by atoms with Gasteiger partial charge in [0.1, 0.15) is 0 Å². The molecule has 0 aromatic carbocycles. The van der Waals surface area contributed by atoms with Crippen molar-refractivity contribution in [3.63, 3.8) is 0 Å². The molecule has 1 unspecified atom stereocenters. The molecule has 0 aliphatic heterocycles. The summed E-state index contributed by atoms with van der Waals surface area (Å²) in [5, 5.41) is 1.02. The van der Waals surface area contributed by atoms with E-state index in [9.17, 15) is 0 Å². The number of hydrogen-bond acceptors (Lipinski definition) is 0. The Hall–Kier alpha value is -0.0400. The first-order valence-electron chi connectivity index (χ1n) is 3.92. The minimum absolute atomic E-state index is 0.602. The zero-order valence-corrected chi connectivity index (χ0v) is 9.24. The van der Waals surface area contributed by atoms with Gasteiger partial charge in [0.2, 0.25) is 0 Å². The van der Waals surface area contributed by atoms with E-state index in [1.165, 1.54) is 11.1 Å². The number of alkyl halides is 1. The van der Waals surface area contributed by atoms with Gasteiger partial charge in [0, 0.05) is 5.33 Å². The third-order valence-corrected chi connectivity index (χ3v) is 2.48. The van der Waals surface area contributed by atoms with Gasteiger partial charge in [-0.2, -0.15) is 0 Å². The van der Waals surface area contributed by atoms with Crippen LogP contribution >= 0.6 is 15.9 Å². The fraction of sp³-hybridized carbons (Fsp3) is 0.600. The summed E-state index contributed by atoms with van der Waals surface area (Å²) in [4.78, 5) is 0. The van der Waals surface area contributed by atoms with Crippen LogP contribution in [0.2, 0.25) is 0 Å². The lowest BCUT2D eigenvalue weighted by Gasteiger charge is -2.10. The molecule has 0 aromatic rings. The summed E-state index contributed by atoms with van der Waals surface area (Å²) in [6.45, 7) is 10.3. The molecule has 0 rings (SSSR count). The van der Waals surface area contributed by atoms with Gasteiger partial charge in [-0.05, 0) is 33.1 Å². The van der Waals surface area contributed by atoms with Crippen LogP contribution in [0.1, 0.15) is 27.2 Å². The van der Waals surface area contributed by atoms with Gasteiger partial charge in [-0.25, -0.2) is 0 Å². The normalized spacial score (nSPS) is 12.4. The quantitative estimate of drug-likeness (QED) is 0.494. The van der Waals surface area contributed by atoms with Gasteiger partial charge in [0.05, 0.1) is 0 Å². The minimum atomic E-state index is 0.602. The molecule has 11 heavy (non-hydrogen) atoms. The molecule has 0 N–H and O–H groups in total. The van der Waals surface area contributed by atoms with Crippen molar-refractivity contribution in [3.05, 3.63) is 23.8 Å². The molecule has 0 heterocycles. The number of halogens is 1. The molecule has 0 fully saturated rings. The lowest BCUT2D eigenvalue weighted by Crippen LogP contribution is -2.00. The third-order valence-electron chi connectivity index (χ3n) is 1.69. The Balaban J connectivity index is 3.89. The van der Waals surface area contributed by atoms with Crippen LogP contribution in [0, 0.1) is 5.92 Å². The fourth-order valence-corrected chi connectivity index (χ4v) is 1.59. The highest BCUT2D eigenvalue weighted by atomic mass is 79.9. The Labute approximate surface area is 78.5 Å². The van der Waals surface area contributed by atoms with Gasteiger partial charge in [-0.3, -0.25) is 0 Å². The number of rotatable bonds is 4. The van der Waals surface area contributed by atoms with Crippen molar-refractivity contribution in [2.45, 2.75) is 27.2 Å². The molecule has 1 heteroatoms. The molecular weight excluding hydrogens is 200 g/mol. The van der Waals surface area contributed by atoms with Gasteiger partial charge in [0.25, 0.3) is 0 Å². The van der Waals surface area contributed by atoms with Crippen LogP contribution in [0.25, 0.3) is 0 Å². The molecule has 1 atom stereocenters. The molecule has 0 amide bonds. The Kier molecular flexibility index (Phi) is 5.57. The molecule has 0 radical (unpaired) electrons. The smallest absolute Gasteiger partial charge is 0.00997 e. The largest absolute Gasteiger partial charge is 0.0998 e. The molecule has 0 saturated heterocycles. The van der Waals surface area contributed by atoms with Crippen molar-refractivity contribution in [1.82, 2.24) is 0 Å². The Morgan fingerprint density at radius 3 is 2.27 bits per heavy atom. The van der Waals surface area contributed by atoms with Crippen molar-refractivity contribution in [3.8, 4) is 0 Å². The maximum atomic E-state index is 3.94. The summed E-state index contributed by atoms with van der Waals surface area (Å²) in [6, 6.07) is 0. The van der Waals surface area contributed by atoms with E-state index in [1.54, 1.807) is 0 Å². The van der Waals surface area contributed by atoms with E-state index in [1.807, 2.05) is 0 Å². The maximum Gasteiger partial charge on any atom is 0.00997 e. The molecular formula is C10H17Br. The van der Waals surface area contributed by atoms with Crippen molar-refractivity contribution in [2.75, 3.05) is 5.33 Å². The van der Waals surface area contributed by atoms with Crippen molar-refractivity contribution in [2.24, 2.45) is 5.92 Å². The monoisotopic (exact) mass is 216 g/mol. The number of allylic oxidation sites excluding steroid dienone is 3. The maximum absolute atomic E-state index is 3.94. The molecule has 0 saturated carbocycles. The molecule has 0 spiro atoms. The van der Waals surface area contributed by atoms with Crippen LogP contribution in [-0.2, 0) is 0 Å². The average molecular weight is 217 g/mol. The van der Waals surface area contributed by atoms with E-state index in [-0.39, 0.29) is 0 Å². The summed E-state index contributed by atoms with van der Waals surface area (Å²) in [5.41, 5.74) is 2.65. The Bertz CT molecular complexity index is 152. The van der Waals surface area contributed by atoms with Crippen LogP contribution in [0.3, 0.4) is 0 Å². The first-order chi connectivity index (χ1) is 5.07. The van der Waals surface area contributed by atoms with E-state index in [4.69, 9.17) is 0 Å². The Morgan fingerprint density at radius 1 is 1.45 bits per heavy atom. The summed E-state index contributed by atoms with van der Waals surface area (Å²) >= 11 is 3.48. The van der Waals surface area contributed by atoms with Crippen molar-refractivity contribution in [1.29, 1.82) is 0 Å². The first kappa shape index (κ1) is 11.0. The van der Waals surface area contributed by atoms with E-state index in [0.29, 0.717) is 5.92 Å². The summed E-state index contributed by atoms with van der Waals surface area (Å²) in [6.07, 6.45) is 3.38. The van der Waals surface area contributed by atoms with Crippen LogP contribution < -0.4 is 0 Å². The van der Waals surface area contributed by atoms with Crippen LogP contribution in [-0.4, -0.2) is 5.33 Å². The van der Waals surface area contributed by atoms with Gasteiger partial charge >= 0.3 is 0 Å². The molecule has 0 nitrogen and oxygen atoms in total. The number of hydrogen-bond donors (Lipinski definition) is 0. The first-order valence-corrected chi connectivity index (χ1v) is 5.04. The average Bonchev–Trinajstić information content (AvgIpc) is 1.87. The van der Waals surface area contributed by atoms with Crippen molar-refractivity contribution < 1.29 is 0 Å². The van der Waals surface area contributed by atoms with E-state index >= 15 is 0 Å². The fourth-order valence-electron chi connectivity index (χ4n) is 0.774. The summed E-state index contributed by atoms with van der Waals surface area (Å²) in [5.74, 6) is 0.602. The summed E-state index contributed by atoms with van der Waals surface area (Å²) < 4.78 is 0. The molecule has 0 aromatic heterocycles. The lowest BCUT2D eigenvalue weighted by molar-refractivity contribution is 0.712. The third kappa shape index (κ3) is 5.25. The lowest BCUT2D eigenvalue weighted by atomic mass is 9.99. The van der Waals surface area contributed by atoms with Crippen LogP contribution in [0.15, 0.2) is 23.8 Å². The highest BCUT2D eigenvalue weighted by Gasteiger charge is 2.04. The zero-order chi connectivity index (χ0) is 8.85. The van der Waals surface area contributed by atoms with E-state index in [2.05, 4.69) is 49.4 Å². The molecule has 0 aliphatic rings. The molecule has 64 valence electrons. The summed E-state index contributed by atoms with van der Waals surface area (Å²) in [7, 11) is 0. The van der Waals surface area contributed by atoms with Gasteiger partial charge < -0.3 is 0 Å². The highest BCUT2D eigenvalue weighted by molar-refractivity contribution is 9.09. The SMILES string of the molecule is C=C(C)C(CBr)CC=C(C)C. The van der Waals surface area contributed by atoms with Gasteiger partial charge in [-0.1, -0.05) is 39.7 Å². The minimum Gasteiger partial charge on any atom is -0.0998 e. The van der Waals surface area contributed by atoms with E-state index < -0.39 is 0 Å². The predicted octanol–water partition coefficient (Wildman–Crippen LogP) is 3.93. The standard InChI is InChI=1S/C10H17Br/c1-8(2)5-6-10(7-11)9(3)4/h5,10H,3,6-7H2,1-2,4H3. The van der Waals surface area contributed by atoms with Crippen LogP contribution in [0.4, 0.5) is 0 Å². The van der Waals surface area contributed by atoms with Crippen LogP contribution in [0.5, 0.6) is 0 Å². The van der Waals surface area contributed by atoms with Gasteiger partial charge in [0.15, 0.2) is 0 Å². The second kappa shape index (κ2) is 5.59. The predicted molar refractivity (Wildman–Crippen MR) is 56.1 cm³/mol.